The molecule has 1 N–H and O–H groups in total. The molecule has 1 aliphatic carbocycles. The third kappa shape index (κ3) is 6.30. The molecule has 2 aliphatic rings. The summed E-state index contributed by atoms with van der Waals surface area (Å²) >= 11 is 0. The van der Waals surface area contributed by atoms with Crippen LogP contribution in [0.5, 0.6) is 0 Å². The Bertz CT molecular complexity index is 355. The third-order valence-electron chi connectivity index (χ3n) is 5.72. The topological polar surface area (TPSA) is 38.8 Å². The van der Waals surface area contributed by atoms with Gasteiger partial charge in [0.1, 0.15) is 0 Å². The van der Waals surface area contributed by atoms with Crippen LogP contribution in [0.3, 0.4) is 0 Å². The minimum atomic E-state index is 0.0983. The van der Waals surface area contributed by atoms with E-state index in [2.05, 4.69) is 29.1 Å². The van der Waals surface area contributed by atoms with Crippen LogP contribution in [0.25, 0.3) is 0 Å². The monoisotopic (exact) mass is 324 g/mol. The molecule has 2 amide bonds. The zero-order chi connectivity index (χ0) is 16.7. The first-order chi connectivity index (χ1) is 11.1. The van der Waals surface area contributed by atoms with Crippen molar-refractivity contribution >= 4 is 6.03 Å². The summed E-state index contributed by atoms with van der Waals surface area (Å²) in [7, 11) is 4.10. The standard InChI is InChI=1S/C18H36N4O/c1-16-7-4-5-8-17(16)15-19-18(23)21(3)9-6-10-22-13-11-20(2)12-14-22/h16-17H,4-15H2,1-3H3,(H,19,23). The van der Waals surface area contributed by atoms with Gasteiger partial charge in [0.25, 0.3) is 0 Å². The van der Waals surface area contributed by atoms with Gasteiger partial charge in [-0.25, -0.2) is 4.79 Å². The second kappa shape index (κ2) is 9.48. The Morgan fingerprint density at radius 3 is 2.57 bits per heavy atom. The van der Waals surface area contributed by atoms with E-state index in [4.69, 9.17) is 0 Å². The fourth-order valence-corrected chi connectivity index (χ4v) is 3.75. The predicted molar refractivity (Wildman–Crippen MR) is 95.7 cm³/mol. The number of hydrogen-bond acceptors (Lipinski definition) is 3. The summed E-state index contributed by atoms with van der Waals surface area (Å²) < 4.78 is 0. The molecule has 1 aliphatic heterocycles. The second-order valence-corrected chi connectivity index (χ2v) is 7.63. The molecular formula is C18H36N4O. The van der Waals surface area contributed by atoms with E-state index in [0.29, 0.717) is 5.92 Å². The SMILES string of the molecule is CC1CCCCC1CNC(=O)N(C)CCCN1CCN(C)CC1. The molecule has 2 rings (SSSR count). The summed E-state index contributed by atoms with van der Waals surface area (Å²) in [6.07, 6.45) is 6.34. The number of amides is 2. The van der Waals surface area contributed by atoms with Crippen molar-refractivity contribution in [1.29, 1.82) is 0 Å². The molecule has 0 aromatic carbocycles. The van der Waals surface area contributed by atoms with Gasteiger partial charge >= 0.3 is 6.03 Å². The number of hydrogen-bond donors (Lipinski definition) is 1. The summed E-state index contributed by atoms with van der Waals surface area (Å²) in [5, 5.41) is 3.14. The molecule has 5 nitrogen and oxygen atoms in total. The van der Waals surface area contributed by atoms with Gasteiger partial charge in [0.05, 0.1) is 0 Å². The molecule has 0 aromatic rings. The lowest BCUT2D eigenvalue weighted by Gasteiger charge is -2.32. The Hall–Kier alpha value is -0.810. The molecule has 2 fully saturated rings. The van der Waals surface area contributed by atoms with E-state index in [1.807, 2.05) is 11.9 Å². The number of carbonyl (C=O) groups is 1. The first-order valence-corrected chi connectivity index (χ1v) is 9.46. The normalized spacial score (nSPS) is 26.9. The Morgan fingerprint density at radius 1 is 1.17 bits per heavy atom. The summed E-state index contributed by atoms with van der Waals surface area (Å²) in [6, 6.07) is 0.0983. The van der Waals surface area contributed by atoms with Crippen molar-refractivity contribution in [3.05, 3.63) is 0 Å². The van der Waals surface area contributed by atoms with Gasteiger partial charge < -0.3 is 20.0 Å². The molecule has 2 unspecified atom stereocenters. The number of likely N-dealkylation sites (N-methyl/N-ethyl adjacent to an activating group) is 1. The van der Waals surface area contributed by atoms with E-state index in [0.717, 1.165) is 58.2 Å². The second-order valence-electron chi connectivity index (χ2n) is 7.63. The van der Waals surface area contributed by atoms with Gasteiger partial charge in [0, 0.05) is 46.3 Å². The number of urea groups is 1. The summed E-state index contributed by atoms with van der Waals surface area (Å²) in [5.74, 6) is 1.43. The van der Waals surface area contributed by atoms with Crippen LogP contribution in [-0.2, 0) is 0 Å². The van der Waals surface area contributed by atoms with Crippen molar-refractivity contribution in [3.8, 4) is 0 Å². The lowest BCUT2D eigenvalue weighted by Crippen LogP contribution is -2.46. The molecule has 1 saturated carbocycles. The predicted octanol–water partition coefficient (Wildman–Crippen LogP) is 2.09. The van der Waals surface area contributed by atoms with Crippen LogP contribution in [0.2, 0.25) is 0 Å². The highest BCUT2D eigenvalue weighted by Crippen LogP contribution is 2.28. The average Bonchev–Trinajstić information content (AvgIpc) is 2.55. The maximum absolute atomic E-state index is 12.2. The highest BCUT2D eigenvalue weighted by Gasteiger charge is 2.22. The lowest BCUT2D eigenvalue weighted by molar-refractivity contribution is 0.148. The van der Waals surface area contributed by atoms with Crippen molar-refractivity contribution in [2.75, 3.05) is 59.9 Å². The van der Waals surface area contributed by atoms with E-state index in [9.17, 15) is 4.79 Å². The number of piperazine rings is 1. The van der Waals surface area contributed by atoms with Gasteiger partial charge in [-0.1, -0.05) is 26.2 Å². The fraction of sp³-hybridized carbons (Fsp3) is 0.944. The molecule has 134 valence electrons. The van der Waals surface area contributed by atoms with E-state index >= 15 is 0 Å². The fourth-order valence-electron chi connectivity index (χ4n) is 3.75. The highest BCUT2D eigenvalue weighted by atomic mass is 16.2. The Kier molecular flexibility index (Phi) is 7.63. The van der Waals surface area contributed by atoms with Crippen LogP contribution >= 0.6 is 0 Å². The van der Waals surface area contributed by atoms with Crippen molar-refractivity contribution in [1.82, 2.24) is 20.0 Å². The Balaban J connectivity index is 1.57. The quantitative estimate of drug-likeness (QED) is 0.813. The van der Waals surface area contributed by atoms with E-state index in [-0.39, 0.29) is 6.03 Å². The molecule has 2 atom stereocenters. The minimum Gasteiger partial charge on any atom is -0.338 e. The molecule has 1 saturated heterocycles. The molecule has 5 heteroatoms. The minimum absolute atomic E-state index is 0.0983. The number of nitrogens with one attached hydrogen (secondary N) is 1. The van der Waals surface area contributed by atoms with Crippen LogP contribution in [0.4, 0.5) is 4.79 Å². The molecule has 0 spiro atoms. The molecular weight excluding hydrogens is 288 g/mol. The van der Waals surface area contributed by atoms with Gasteiger partial charge in [-0.3, -0.25) is 0 Å². The summed E-state index contributed by atoms with van der Waals surface area (Å²) in [6.45, 7) is 9.77. The molecule has 0 radical (unpaired) electrons. The molecule has 23 heavy (non-hydrogen) atoms. The Morgan fingerprint density at radius 2 is 1.87 bits per heavy atom. The molecule has 0 bridgehead atoms. The average molecular weight is 325 g/mol. The van der Waals surface area contributed by atoms with Gasteiger partial charge in [-0.05, 0) is 38.3 Å². The van der Waals surface area contributed by atoms with E-state index in [1.54, 1.807) is 0 Å². The van der Waals surface area contributed by atoms with Crippen molar-refractivity contribution in [3.63, 3.8) is 0 Å². The van der Waals surface area contributed by atoms with Crippen LogP contribution < -0.4 is 5.32 Å². The van der Waals surface area contributed by atoms with Crippen LogP contribution in [0.1, 0.15) is 39.0 Å². The third-order valence-corrected chi connectivity index (χ3v) is 5.72. The van der Waals surface area contributed by atoms with Gasteiger partial charge in [0.2, 0.25) is 0 Å². The van der Waals surface area contributed by atoms with Crippen molar-refractivity contribution < 1.29 is 4.79 Å². The van der Waals surface area contributed by atoms with Crippen LogP contribution in [-0.4, -0.2) is 80.6 Å². The summed E-state index contributed by atoms with van der Waals surface area (Å²) in [4.78, 5) is 18.9. The zero-order valence-corrected chi connectivity index (χ0v) is 15.4. The van der Waals surface area contributed by atoms with Crippen LogP contribution in [0.15, 0.2) is 0 Å². The zero-order valence-electron chi connectivity index (χ0n) is 15.4. The highest BCUT2D eigenvalue weighted by molar-refractivity contribution is 5.73. The number of nitrogens with zero attached hydrogens (tertiary/aromatic N) is 3. The first-order valence-electron chi connectivity index (χ1n) is 9.46. The van der Waals surface area contributed by atoms with Crippen molar-refractivity contribution in [2.24, 2.45) is 11.8 Å². The molecule has 1 heterocycles. The lowest BCUT2D eigenvalue weighted by atomic mass is 9.80. The number of carbonyl (C=O) groups excluding carboxylic acids is 1. The first kappa shape index (κ1) is 18.5. The largest absolute Gasteiger partial charge is 0.338 e. The number of rotatable bonds is 6. The van der Waals surface area contributed by atoms with E-state index in [1.165, 1.54) is 25.7 Å². The summed E-state index contributed by atoms with van der Waals surface area (Å²) in [5.41, 5.74) is 0. The van der Waals surface area contributed by atoms with Gasteiger partial charge in [-0.15, -0.1) is 0 Å². The van der Waals surface area contributed by atoms with Gasteiger partial charge in [0.15, 0.2) is 0 Å². The van der Waals surface area contributed by atoms with E-state index < -0.39 is 0 Å². The van der Waals surface area contributed by atoms with Gasteiger partial charge in [-0.2, -0.15) is 0 Å². The maximum Gasteiger partial charge on any atom is 0.317 e. The molecule has 0 aromatic heterocycles. The maximum atomic E-state index is 12.2. The van der Waals surface area contributed by atoms with Crippen molar-refractivity contribution in [2.45, 2.75) is 39.0 Å². The van der Waals surface area contributed by atoms with Crippen LogP contribution in [0, 0.1) is 11.8 Å². The smallest absolute Gasteiger partial charge is 0.317 e. The Labute approximate surface area is 142 Å².